The van der Waals surface area contributed by atoms with Gasteiger partial charge in [0.1, 0.15) is 6.61 Å². The lowest BCUT2D eigenvalue weighted by molar-refractivity contribution is -0.384. The van der Waals surface area contributed by atoms with Crippen LogP contribution in [0.25, 0.3) is 0 Å². The van der Waals surface area contributed by atoms with Crippen molar-refractivity contribution in [1.29, 1.82) is 0 Å². The number of nitro benzene ring substituents is 1. The van der Waals surface area contributed by atoms with Gasteiger partial charge in [0.05, 0.1) is 22.7 Å². The van der Waals surface area contributed by atoms with Crippen molar-refractivity contribution >= 4 is 11.7 Å². The van der Waals surface area contributed by atoms with Crippen LogP contribution in [-0.2, 0) is 17.9 Å². The van der Waals surface area contributed by atoms with Crippen LogP contribution in [0.4, 0.5) is 5.69 Å². The van der Waals surface area contributed by atoms with Gasteiger partial charge in [-0.25, -0.2) is 4.79 Å². The summed E-state index contributed by atoms with van der Waals surface area (Å²) in [5.41, 5.74) is 4.23. The molecule has 1 aromatic heterocycles. The van der Waals surface area contributed by atoms with E-state index in [1.807, 2.05) is 36.7 Å². The molecule has 3 aromatic rings. The summed E-state index contributed by atoms with van der Waals surface area (Å²) in [7, 11) is 0. The molecule has 138 valence electrons. The van der Waals surface area contributed by atoms with Gasteiger partial charge in [-0.3, -0.25) is 14.8 Å². The molecule has 0 unspecified atom stereocenters. The summed E-state index contributed by atoms with van der Waals surface area (Å²) in [6, 6.07) is 15.1. The van der Waals surface area contributed by atoms with Gasteiger partial charge in [-0.1, -0.05) is 12.1 Å². The van der Waals surface area contributed by atoms with Gasteiger partial charge < -0.3 is 4.74 Å². The molecule has 0 spiro atoms. The molecule has 1 heterocycles. The van der Waals surface area contributed by atoms with E-state index < -0.39 is 10.9 Å². The fraction of sp³-hybridized carbons (Fsp3) is 0.200. The maximum absolute atomic E-state index is 12.2. The second kappa shape index (κ2) is 7.82. The first-order valence-electron chi connectivity index (χ1n) is 8.43. The summed E-state index contributed by atoms with van der Waals surface area (Å²) in [6.45, 7) is 4.65. The predicted octanol–water partition coefficient (Wildman–Crippen LogP) is 3.81. The summed E-state index contributed by atoms with van der Waals surface area (Å²) >= 11 is 0. The molecule has 3 rings (SSSR count). The van der Waals surface area contributed by atoms with Crippen LogP contribution in [0.1, 0.15) is 32.9 Å². The van der Waals surface area contributed by atoms with E-state index in [1.165, 1.54) is 12.1 Å². The van der Waals surface area contributed by atoms with Gasteiger partial charge in [0.25, 0.3) is 5.69 Å². The van der Waals surface area contributed by atoms with Crippen molar-refractivity contribution in [3.05, 3.63) is 92.8 Å². The summed E-state index contributed by atoms with van der Waals surface area (Å²) in [5.74, 6) is -0.439. The number of aromatic nitrogens is 2. The Labute approximate surface area is 156 Å². The Kier molecular flexibility index (Phi) is 5.30. The van der Waals surface area contributed by atoms with Crippen molar-refractivity contribution in [2.24, 2.45) is 0 Å². The first-order chi connectivity index (χ1) is 12.9. The minimum absolute atomic E-state index is 0.00303. The smallest absolute Gasteiger partial charge is 0.338 e. The Morgan fingerprint density at radius 1 is 1.07 bits per heavy atom. The van der Waals surface area contributed by atoms with Crippen LogP contribution in [0.2, 0.25) is 0 Å². The van der Waals surface area contributed by atoms with Gasteiger partial charge in [-0.15, -0.1) is 0 Å². The quantitative estimate of drug-likeness (QED) is 0.376. The van der Waals surface area contributed by atoms with E-state index in [9.17, 15) is 14.9 Å². The number of hydrogen-bond donors (Lipinski definition) is 0. The number of aryl methyl sites for hydroxylation is 2. The molecule has 0 aliphatic carbocycles. The highest BCUT2D eigenvalue weighted by Crippen LogP contribution is 2.14. The van der Waals surface area contributed by atoms with Crippen molar-refractivity contribution in [3.8, 4) is 0 Å². The van der Waals surface area contributed by atoms with E-state index in [0.717, 1.165) is 17.0 Å². The third kappa shape index (κ3) is 4.58. The molecule has 0 saturated carbocycles. The van der Waals surface area contributed by atoms with E-state index in [2.05, 4.69) is 5.10 Å². The standard InChI is InChI=1S/C20H19N3O4/c1-14-11-15(2)22(21-14)12-16-3-7-18(8-4-16)20(24)27-13-17-5-9-19(10-6-17)23(25)26/h3-11H,12-13H2,1-2H3. The Morgan fingerprint density at radius 3 is 2.26 bits per heavy atom. The van der Waals surface area contributed by atoms with Gasteiger partial charge in [0.2, 0.25) is 0 Å². The van der Waals surface area contributed by atoms with E-state index >= 15 is 0 Å². The zero-order valence-corrected chi connectivity index (χ0v) is 15.1. The van der Waals surface area contributed by atoms with Crippen LogP contribution in [-0.4, -0.2) is 20.7 Å². The zero-order chi connectivity index (χ0) is 19.4. The van der Waals surface area contributed by atoms with Gasteiger partial charge >= 0.3 is 5.97 Å². The first-order valence-corrected chi connectivity index (χ1v) is 8.43. The maximum atomic E-state index is 12.2. The average Bonchev–Trinajstić information content (AvgIpc) is 2.97. The summed E-state index contributed by atoms with van der Waals surface area (Å²) in [6.07, 6.45) is 0. The lowest BCUT2D eigenvalue weighted by Crippen LogP contribution is -2.07. The zero-order valence-electron chi connectivity index (χ0n) is 15.1. The number of esters is 1. The highest BCUT2D eigenvalue weighted by atomic mass is 16.6. The number of rotatable bonds is 6. The molecule has 2 aromatic carbocycles. The van der Waals surface area contributed by atoms with Gasteiger partial charge in [-0.05, 0) is 55.3 Å². The predicted molar refractivity (Wildman–Crippen MR) is 99.5 cm³/mol. The number of carbonyl (C=O) groups excluding carboxylic acids is 1. The van der Waals surface area contributed by atoms with Crippen LogP contribution >= 0.6 is 0 Å². The number of carbonyl (C=O) groups is 1. The molecule has 7 nitrogen and oxygen atoms in total. The normalized spacial score (nSPS) is 10.6. The van der Waals surface area contributed by atoms with Crippen LogP contribution in [0.15, 0.2) is 54.6 Å². The molecular formula is C20H19N3O4. The lowest BCUT2D eigenvalue weighted by Gasteiger charge is -2.07. The highest BCUT2D eigenvalue weighted by molar-refractivity contribution is 5.89. The van der Waals surface area contributed by atoms with Gasteiger partial charge in [0.15, 0.2) is 0 Å². The topological polar surface area (TPSA) is 87.3 Å². The number of non-ortho nitro benzene ring substituents is 1. The van der Waals surface area contributed by atoms with E-state index in [-0.39, 0.29) is 12.3 Å². The third-order valence-corrected chi connectivity index (χ3v) is 4.14. The SMILES string of the molecule is Cc1cc(C)n(Cc2ccc(C(=O)OCc3ccc([N+](=O)[O-])cc3)cc2)n1. The number of nitro groups is 1. The van der Waals surface area contributed by atoms with Crippen LogP contribution in [0.3, 0.4) is 0 Å². The fourth-order valence-corrected chi connectivity index (χ4v) is 2.70. The van der Waals surface area contributed by atoms with E-state index in [1.54, 1.807) is 24.3 Å². The van der Waals surface area contributed by atoms with Crippen molar-refractivity contribution in [3.63, 3.8) is 0 Å². The van der Waals surface area contributed by atoms with Gasteiger partial charge in [-0.2, -0.15) is 5.10 Å². The minimum Gasteiger partial charge on any atom is -0.457 e. The summed E-state index contributed by atoms with van der Waals surface area (Å²) < 4.78 is 7.18. The van der Waals surface area contributed by atoms with Crippen molar-refractivity contribution in [1.82, 2.24) is 9.78 Å². The molecular weight excluding hydrogens is 346 g/mol. The van der Waals surface area contributed by atoms with Crippen molar-refractivity contribution in [2.45, 2.75) is 27.0 Å². The Morgan fingerprint density at radius 2 is 1.70 bits per heavy atom. The molecule has 0 aliphatic heterocycles. The molecule has 0 radical (unpaired) electrons. The Hall–Kier alpha value is -3.48. The number of hydrogen-bond acceptors (Lipinski definition) is 5. The molecule has 7 heteroatoms. The third-order valence-electron chi connectivity index (χ3n) is 4.14. The van der Waals surface area contributed by atoms with E-state index in [0.29, 0.717) is 17.7 Å². The number of ether oxygens (including phenoxy) is 1. The Bertz CT molecular complexity index is 960. The molecule has 0 bridgehead atoms. The molecule has 0 saturated heterocycles. The molecule has 0 N–H and O–H groups in total. The van der Waals surface area contributed by atoms with Crippen molar-refractivity contribution < 1.29 is 14.5 Å². The fourth-order valence-electron chi connectivity index (χ4n) is 2.70. The minimum atomic E-state index is -0.469. The second-order valence-electron chi connectivity index (χ2n) is 6.28. The summed E-state index contributed by atoms with van der Waals surface area (Å²) in [5, 5.41) is 15.1. The largest absolute Gasteiger partial charge is 0.457 e. The monoisotopic (exact) mass is 365 g/mol. The van der Waals surface area contributed by atoms with Crippen molar-refractivity contribution in [2.75, 3.05) is 0 Å². The first kappa shape index (κ1) is 18.3. The maximum Gasteiger partial charge on any atom is 0.338 e. The Balaban J connectivity index is 1.58. The molecule has 0 amide bonds. The van der Waals surface area contributed by atoms with Crippen LogP contribution in [0, 0.1) is 24.0 Å². The van der Waals surface area contributed by atoms with Crippen LogP contribution < -0.4 is 0 Å². The molecule has 0 fully saturated rings. The number of benzene rings is 2. The molecule has 0 atom stereocenters. The lowest BCUT2D eigenvalue weighted by atomic mass is 10.1. The molecule has 27 heavy (non-hydrogen) atoms. The average molecular weight is 365 g/mol. The highest BCUT2D eigenvalue weighted by Gasteiger charge is 2.10. The second-order valence-corrected chi connectivity index (χ2v) is 6.28. The molecule has 0 aliphatic rings. The summed E-state index contributed by atoms with van der Waals surface area (Å²) in [4.78, 5) is 22.3. The van der Waals surface area contributed by atoms with Gasteiger partial charge in [0, 0.05) is 17.8 Å². The number of nitrogens with zero attached hydrogens (tertiary/aromatic N) is 3. The van der Waals surface area contributed by atoms with Crippen LogP contribution in [0.5, 0.6) is 0 Å². The van der Waals surface area contributed by atoms with E-state index in [4.69, 9.17) is 4.74 Å².